The van der Waals surface area contributed by atoms with Crippen LogP contribution >= 0.6 is 11.3 Å². The SMILES string of the molecule is C=C(/C=C\C(=C/C)NC(=O)c1ccc(-c2nc3cc(C(=O)O)ccc3n2C2CCCC(C)C2)cc1)S(=O)(=O)Nc1nccs1. The molecule has 0 radical (unpaired) electrons. The number of allylic oxidation sites excluding steroid dienone is 3. The van der Waals surface area contributed by atoms with Gasteiger partial charge in [0, 0.05) is 34.4 Å². The first kappa shape index (κ1) is 30.9. The Morgan fingerprint density at radius 1 is 1.11 bits per heavy atom. The summed E-state index contributed by atoms with van der Waals surface area (Å²) >= 11 is 1.15. The first-order valence-corrected chi connectivity index (χ1v) is 16.5. The quantitative estimate of drug-likeness (QED) is 0.164. The average molecular weight is 632 g/mol. The Morgan fingerprint density at radius 3 is 2.52 bits per heavy atom. The third kappa shape index (κ3) is 6.81. The van der Waals surface area contributed by atoms with Crippen LogP contribution in [0.15, 0.2) is 89.5 Å². The van der Waals surface area contributed by atoms with Gasteiger partial charge >= 0.3 is 5.97 Å². The lowest BCUT2D eigenvalue weighted by Crippen LogP contribution is -2.22. The average Bonchev–Trinajstić information content (AvgIpc) is 3.66. The third-order valence-corrected chi connectivity index (χ3v) is 9.74. The number of fused-ring (bicyclic) bond motifs is 1. The molecule has 2 aromatic heterocycles. The Labute approximate surface area is 259 Å². The van der Waals surface area contributed by atoms with Crippen LogP contribution in [0.3, 0.4) is 0 Å². The molecule has 44 heavy (non-hydrogen) atoms. The molecule has 1 aliphatic rings. The summed E-state index contributed by atoms with van der Waals surface area (Å²) in [5.74, 6) is -0.0655. The molecular formula is C32H33N5O5S2. The minimum absolute atomic E-state index is 0.184. The summed E-state index contributed by atoms with van der Waals surface area (Å²) in [6.07, 6.45) is 10.2. The van der Waals surface area contributed by atoms with Gasteiger partial charge in [-0.25, -0.2) is 23.2 Å². The number of sulfonamides is 1. The molecule has 0 spiro atoms. The molecule has 2 unspecified atom stereocenters. The second-order valence-electron chi connectivity index (χ2n) is 10.8. The van der Waals surface area contributed by atoms with Crippen LogP contribution in [0.2, 0.25) is 0 Å². The molecule has 5 rings (SSSR count). The molecule has 2 atom stereocenters. The number of nitrogens with zero attached hydrogens (tertiary/aromatic N) is 3. The maximum absolute atomic E-state index is 13.1. The van der Waals surface area contributed by atoms with Gasteiger partial charge in [-0.05, 0) is 68.2 Å². The highest BCUT2D eigenvalue weighted by Gasteiger charge is 2.26. The van der Waals surface area contributed by atoms with Gasteiger partial charge in [0.15, 0.2) is 5.13 Å². The molecule has 0 saturated heterocycles. The number of carbonyl (C=O) groups is 2. The van der Waals surface area contributed by atoms with E-state index in [9.17, 15) is 23.1 Å². The van der Waals surface area contributed by atoms with Gasteiger partial charge < -0.3 is 15.0 Å². The first-order chi connectivity index (χ1) is 21.1. The highest BCUT2D eigenvalue weighted by atomic mass is 32.2. The van der Waals surface area contributed by atoms with Crippen LogP contribution < -0.4 is 10.0 Å². The maximum atomic E-state index is 13.1. The van der Waals surface area contributed by atoms with Gasteiger partial charge in [0.05, 0.1) is 21.5 Å². The van der Waals surface area contributed by atoms with Gasteiger partial charge in [-0.3, -0.25) is 9.52 Å². The summed E-state index contributed by atoms with van der Waals surface area (Å²) in [7, 11) is -3.89. The Bertz CT molecular complexity index is 1870. The van der Waals surface area contributed by atoms with Crippen molar-refractivity contribution >= 4 is 49.4 Å². The Kier molecular flexibility index (Phi) is 9.12. The van der Waals surface area contributed by atoms with Crippen molar-refractivity contribution in [2.45, 2.75) is 45.6 Å². The summed E-state index contributed by atoms with van der Waals surface area (Å²) in [4.78, 5) is 33.3. The fourth-order valence-corrected chi connectivity index (χ4v) is 6.91. The molecular weight excluding hydrogens is 599 g/mol. The molecule has 0 bridgehead atoms. The van der Waals surface area contributed by atoms with Crippen molar-refractivity contribution in [2.24, 2.45) is 5.92 Å². The van der Waals surface area contributed by atoms with Gasteiger partial charge in [0.25, 0.3) is 15.9 Å². The lowest BCUT2D eigenvalue weighted by atomic mass is 9.86. The van der Waals surface area contributed by atoms with Crippen LogP contribution in [0.5, 0.6) is 0 Å². The topological polar surface area (TPSA) is 143 Å². The smallest absolute Gasteiger partial charge is 0.335 e. The monoisotopic (exact) mass is 631 g/mol. The van der Waals surface area contributed by atoms with E-state index in [1.54, 1.807) is 42.6 Å². The number of anilines is 1. The molecule has 12 heteroatoms. The summed E-state index contributed by atoms with van der Waals surface area (Å²) < 4.78 is 29.6. The van der Waals surface area contributed by atoms with Crippen molar-refractivity contribution in [3.63, 3.8) is 0 Å². The minimum atomic E-state index is -3.89. The molecule has 10 nitrogen and oxygen atoms in total. The van der Waals surface area contributed by atoms with E-state index in [0.717, 1.165) is 47.5 Å². The Balaban J connectivity index is 1.35. The van der Waals surface area contributed by atoms with E-state index in [1.807, 2.05) is 18.2 Å². The van der Waals surface area contributed by atoms with Crippen LogP contribution in [-0.2, 0) is 10.0 Å². The Morgan fingerprint density at radius 2 is 1.86 bits per heavy atom. The normalized spacial score (nSPS) is 17.5. The van der Waals surface area contributed by atoms with Crippen LogP contribution in [-0.4, -0.2) is 39.9 Å². The third-order valence-electron chi connectivity index (χ3n) is 7.63. The predicted octanol–water partition coefficient (Wildman–Crippen LogP) is 6.75. The number of nitrogens with one attached hydrogen (secondary N) is 2. The van der Waals surface area contributed by atoms with Gasteiger partial charge in [-0.1, -0.05) is 44.6 Å². The number of hydrogen-bond donors (Lipinski definition) is 3. The number of benzene rings is 2. The second-order valence-corrected chi connectivity index (χ2v) is 13.4. The summed E-state index contributed by atoms with van der Waals surface area (Å²) in [6.45, 7) is 7.60. The van der Waals surface area contributed by atoms with E-state index in [0.29, 0.717) is 22.7 Å². The number of carboxylic acid groups (broad SMARTS) is 1. The fraction of sp³-hybridized carbons (Fsp3) is 0.250. The molecule has 1 saturated carbocycles. The van der Waals surface area contributed by atoms with Crippen LogP contribution in [0.1, 0.15) is 66.3 Å². The summed E-state index contributed by atoms with van der Waals surface area (Å²) in [5, 5.41) is 14.2. The highest BCUT2D eigenvalue weighted by molar-refractivity contribution is 7.96. The van der Waals surface area contributed by atoms with E-state index < -0.39 is 16.0 Å². The summed E-state index contributed by atoms with van der Waals surface area (Å²) in [5.41, 5.74) is 3.31. The van der Waals surface area contributed by atoms with Gasteiger partial charge in [0.2, 0.25) is 0 Å². The molecule has 1 aliphatic carbocycles. The van der Waals surface area contributed by atoms with Crippen LogP contribution in [0, 0.1) is 5.92 Å². The van der Waals surface area contributed by atoms with E-state index in [-0.39, 0.29) is 27.5 Å². The van der Waals surface area contributed by atoms with Crippen molar-refractivity contribution in [1.82, 2.24) is 19.9 Å². The number of aromatic nitrogens is 3. The van der Waals surface area contributed by atoms with Gasteiger partial charge in [0.1, 0.15) is 5.82 Å². The second kappa shape index (κ2) is 13.0. The van der Waals surface area contributed by atoms with Crippen molar-refractivity contribution in [2.75, 3.05) is 4.72 Å². The van der Waals surface area contributed by atoms with Crippen molar-refractivity contribution in [1.29, 1.82) is 0 Å². The molecule has 228 valence electrons. The van der Waals surface area contributed by atoms with E-state index in [1.165, 1.54) is 24.8 Å². The molecule has 0 aliphatic heterocycles. The number of amides is 1. The number of thiazole rings is 1. The molecule has 2 aromatic carbocycles. The number of carboxylic acids is 1. The van der Waals surface area contributed by atoms with Gasteiger partial charge in [-0.15, -0.1) is 11.3 Å². The molecule has 3 N–H and O–H groups in total. The summed E-state index contributed by atoms with van der Waals surface area (Å²) in [6, 6.07) is 12.4. The molecule has 1 fully saturated rings. The molecule has 4 aromatic rings. The zero-order valence-corrected chi connectivity index (χ0v) is 26.0. The van der Waals surface area contributed by atoms with Crippen molar-refractivity contribution in [3.05, 3.63) is 101 Å². The van der Waals surface area contributed by atoms with E-state index in [4.69, 9.17) is 4.98 Å². The zero-order chi connectivity index (χ0) is 31.4. The van der Waals surface area contributed by atoms with E-state index >= 15 is 0 Å². The van der Waals surface area contributed by atoms with Crippen molar-refractivity contribution < 1.29 is 23.1 Å². The number of rotatable bonds is 10. The highest BCUT2D eigenvalue weighted by Crippen LogP contribution is 2.38. The number of carbonyl (C=O) groups excluding carboxylic acids is 1. The van der Waals surface area contributed by atoms with Crippen LogP contribution in [0.25, 0.3) is 22.4 Å². The number of aromatic carboxylic acids is 1. The Hall–Kier alpha value is -4.55. The van der Waals surface area contributed by atoms with Gasteiger partial charge in [-0.2, -0.15) is 0 Å². The lowest BCUT2D eigenvalue weighted by molar-refractivity contribution is 0.0696. The lowest BCUT2D eigenvalue weighted by Gasteiger charge is -2.29. The number of hydrogen-bond acceptors (Lipinski definition) is 7. The zero-order valence-electron chi connectivity index (χ0n) is 24.4. The van der Waals surface area contributed by atoms with Crippen molar-refractivity contribution in [3.8, 4) is 11.4 Å². The minimum Gasteiger partial charge on any atom is -0.478 e. The first-order valence-electron chi connectivity index (χ1n) is 14.2. The standard InChI is InChI=1S/C32H33N5O5S2/c1-4-25(14-8-21(3)44(41,42)36-32-33-16-17-43-32)34-30(38)23-11-9-22(10-12-23)29-35-27-19-24(31(39)40)13-15-28(27)37(29)26-7-5-6-20(2)18-26/h4,8-17,19-20,26H,3,5-7,18H2,1-2H3,(H,33,36)(H,34,38)(H,39,40)/b14-8-,25-4+. The fourth-order valence-electron chi connectivity index (χ4n) is 5.35. The van der Waals surface area contributed by atoms with Crippen LogP contribution in [0.4, 0.5) is 5.13 Å². The largest absolute Gasteiger partial charge is 0.478 e. The van der Waals surface area contributed by atoms with E-state index in [2.05, 4.69) is 33.1 Å². The maximum Gasteiger partial charge on any atom is 0.335 e. The molecule has 1 amide bonds. The number of imidazole rings is 1. The molecule has 2 heterocycles. The predicted molar refractivity (Wildman–Crippen MR) is 173 cm³/mol.